The largest absolute Gasteiger partial charge is 0.353 e. The summed E-state index contributed by atoms with van der Waals surface area (Å²) in [4.78, 5) is 22.7. The Balaban J connectivity index is 1.92. The molecule has 0 saturated heterocycles. The molecule has 2 heterocycles. The highest BCUT2D eigenvalue weighted by atomic mass is 32.1. The van der Waals surface area contributed by atoms with Crippen LogP contribution in [0.25, 0.3) is 11.3 Å². The Hall–Kier alpha value is -1.75. The number of hydrogen-bond acceptors (Lipinski definition) is 5. The van der Waals surface area contributed by atoms with E-state index >= 15 is 0 Å². The van der Waals surface area contributed by atoms with Gasteiger partial charge in [0, 0.05) is 23.5 Å². The van der Waals surface area contributed by atoms with E-state index in [0.29, 0.717) is 6.04 Å². The van der Waals surface area contributed by atoms with Gasteiger partial charge >= 0.3 is 0 Å². The molecule has 0 aromatic carbocycles. The molecule has 0 bridgehead atoms. The summed E-state index contributed by atoms with van der Waals surface area (Å²) in [6.07, 6.45) is 6.92. The number of carbonyl (C=O) groups excluding carboxylic acids is 1. The lowest BCUT2D eigenvalue weighted by atomic mass is 10.2. The van der Waals surface area contributed by atoms with Crippen molar-refractivity contribution in [2.24, 2.45) is 0 Å². The first-order valence-electron chi connectivity index (χ1n) is 6.44. The molecule has 5 heteroatoms. The lowest BCUT2D eigenvalue weighted by molar-refractivity contribution is 0.112. The van der Waals surface area contributed by atoms with Gasteiger partial charge in [-0.1, -0.05) is 0 Å². The number of aromatic nitrogens is 2. The topological polar surface area (TPSA) is 46.1 Å². The number of rotatable bonds is 5. The molecule has 1 aliphatic rings. The second kappa shape index (κ2) is 5.09. The molecular weight excluding hydrogens is 258 g/mol. The van der Waals surface area contributed by atoms with Crippen molar-refractivity contribution < 1.29 is 4.79 Å². The van der Waals surface area contributed by atoms with Gasteiger partial charge in [-0.3, -0.25) is 9.78 Å². The second-order valence-electron chi connectivity index (χ2n) is 4.64. The summed E-state index contributed by atoms with van der Waals surface area (Å²) in [5.41, 5.74) is 1.80. The number of anilines is 1. The molecule has 1 saturated carbocycles. The van der Waals surface area contributed by atoms with Crippen LogP contribution in [0.2, 0.25) is 0 Å². The third kappa shape index (κ3) is 2.51. The Morgan fingerprint density at radius 1 is 1.47 bits per heavy atom. The van der Waals surface area contributed by atoms with Gasteiger partial charge in [-0.25, -0.2) is 4.98 Å². The summed E-state index contributed by atoms with van der Waals surface area (Å²) < 4.78 is 0. The second-order valence-corrected chi connectivity index (χ2v) is 5.58. The maximum Gasteiger partial charge on any atom is 0.160 e. The van der Waals surface area contributed by atoms with E-state index in [4.69, 9.17) is 0 Å². The van der Waals surface area contributed by atoms with E-state index in [1.807, 2.05) is 17.6 Å². The van der Waals surface area contributed by atoms with Crippen molar-refractivity contribution in [1.82, 2.24) is 9.97 Å². The zero-order valence-corrected chi connectivity index (χ0v) is 11.6. The van der Waals surface area contributed by atoms with Gasteiger partial charge < -0.3 is 4.90 Å². The van der Waals surface area contributed by atoms with Crippen molar-refractivity contribution in [3.8, 4) is 11.3 Å². The number of nitrogens with zero attached hydrogens (tertiary/aromatic N) is 3. The summed E-state index contributed by atoms with van der Waals surface area (Å²) in [6, 6.07) is 2.49. The molecule has 0 N–H and O–H groups in total. The van der Waals surface area contributed by atoms with Crippen molar-refractivity contribution in [3.05, 3.63) is 28.7 Å². The molecule has 3 rings (SSSR count). The predicted molar refractivity (Wildman–Crippen MR) is 76.8 cm³/mol. The fourth-order valence-corrected chi connectivity index (χ4v) is 2.88. The van der Waals surface area contributed by atoms with E-state index in [1.54, 1.807) is 6.20 Å². The van der Waals surface area contributed by atoms with Crippen LogP contribution in [0, 0.1) is 0 Å². The van der Waals surface area contributed by atoms with E-state index in [-0.39, 0.29) is 0 Å². The molecule has 0 spiro atoms. The molecule has 0 aliphatic heterocycles. The Morgan fingerprint density at radius 3 is 2.95 bits per heavy atom. The number of aldehydes is 1. The minimum absolute atomic E-state index is 0.627. The molecular formula is C14H15N3OS. The Labute approximate surface area is 116 Å². The average Bonchev–Trinajstić information content (AvgIpc) is 3.16. The van der Waals surface area contributed by atoms with Crippen LogP contribution in [0.5, 0.6) is 0 Å². The summed E-state index contributed by atoms with van der Waals surface area (Å²) in [5, 5.41) is 1.95. The van der Waals surface area contributed by atoms with E-state index < -0.39 is 0 Å². The molecule has 0 amide bonds. The molecule has 1 fully saturated rings. The van der Waals surface area contributed by atoms with Gasteiger partial charge in [0.05, 0.1) is 23.0 Å². The standard InChI is InChI=1S/C14H15N3OS/c1-2-17(11-3-4-11)14-7-15-6-13(16-14)10-5-12(8-18)19-9-10/h5-9,11H,2-4H2,1H3. The van der Waals surface area contributed by atoms with Gasteiger partial charge in [0.1, 0.15) is 5.82 Å². The molecule has 0 radical (unpaired) electrons. The molecule has 0 atom stereocenters. The zero-order chi connectivity index (χ0) is 13.2. The number of hydrogen-bond donors (Lipinski definition) is 0. The Morgan fingerprint density at radius 2 is 2.32 bits per heavy atom. The first-order valence-corrected chi connectivity index (χ1v) is 7.32. The molecule has 2 aromatic heterocycles. The lowest BCUT2D eigenvalue weighted by Crippen LogP contribution is -2.26. The lowest BCUT2D eigenvalue weighted by Gasteiger charge is -2.21. The maximum absolute atomic E-state index is 10.7. The van der Waals surface area contributed by atoms with Crippen LogP contribution in [-0.4, -0.2) is 28.8 Å². The summed E-state index contributed by atoms with van der Waals surface area (Å²) in [6.45, 7) is 3.09. The smallest absolute Gasteiger partial charge is 0.160 e. The van der Waals surface area contributed by atoms with Gasteiger partial charge in [-0.05, 0) is 25.8 Å². The fraction of sp³-hybridized carbons (Fsp3) is 0.357. The van der Waals surface area contributed by atoms with E-state index in [2.05, 4.69) is 21.8 Å². The normalized spacial score (nSPS) is 14.4. The molecule has 4 nitrogen and oxygen atoms in total. The van der Waals surface area contributed by atoms with Crippen molar-refractivity contribution in [2.45, 2.75) is 25.8 Å². The van der Waals surface area contributed by atoms with Crippen molar-refractivity contribution in [1.29, 1.82) is 0 Å². The van der Waals surface area contributed by atoms with Gasteiger partial charge in [0.2, 0.25) is 0 Å². The van der Waals surface area contributed by atoms with E-state index in [9.17, 15) is 4.79 Å². The minimum Gasteiger partial charge on any atom is -0.353 e. The Bertz CT molecular complexity index is 592. The molecule has 2 aromatic rings. The quantitative estimate of drug-likeness (QED) is 0.786. The van der Waals surface area contributed by atoms with Crippen LogP contribution >= 0.6 is 11.3 Å². The highest BCUT2D eigenvalue weighted by molar-refractivity contribution is 7.12. The van der Waals surface area contributed by atoms with Gasteiger partial charge in [0.15, 0.2) is 6.29 Å². The first-order chi connectivity index (χ1) is 9.31. The van der Waals surface area contributed by atoms with Gasteiger partial charge in [-0.2, -0.15) is 0 Å². The number of thiophene rings is 1. The minimum atomic E-state index is 0.627. The van der Waals surface area contributed by atoms with Crippen LogP contribution in [-0.2, 0) is 0 Å². The SMILES string of the molecule is CCN(c1cncc(-c2csc(C=O)c2)n1)C1CC1. The Kier molecular flexibility index (Phi) is 3.29. The summed E-state index contributed by atoms with van der Waals surface area (Å²) in [7, 11) is 0. The third-order valence-corrected chi connectivity index (χ3v) is 4.13. The van der Waals surface area contributed by atoms with Crippen molar-refractivity contribution >= 4 is 23.4 Å². The van der Waals surface area contributed by atoms with E-state index in [1.165, 1.54) is 24.2 Å². The fourth-order valence-electron chi connectivity index (χ4n) is 2.18. The van der Waals surface area contributed by atoms with Crippen molar-refractivity contribution in [3.63, 3.8) is 0 Å². The van der Waals surface area contributed by atoms with E-state index in [0.717, 1.165) is 34.8 Å². The molecule has 19 heavy (non-hydrogen) atoms. The predicted octanol–water partition coefficient (Wildman–Crippen LogP) is 3.01. The van der Waals surface area contributed by atoms with Crippen molar-refractivity contribution in [2.75, 3.05) is 11.4 Å². The average molecular weight is 273 g/mol. The van der Waals surface area contributed by atoms with Crippen LogP contribution < -0.4 is 4.90 Å². The molecule has 0 unspecified atom stereocenters. The number of carbonyl (C=O) groups is 1. The van der Waals surface area contributed by atoms with Crippen LogP contribution in [0.15, 0.2) is 23.8 Å². The highest BCUT2D eigenvalue weighted by Crippen LogP contribution is 2.31. The summed E-state index contributed by atoms with van der Waals surface area (Å²) in [5.74, 6) is 0.932. The maximum atomic E-state index is 10.7. The molecule has 98 valence electrons. The summed E-state index contributed by atoms with van der Waals surface area (Å²) >= 11 is 1.43. The first kappa shape index (κ1) is 12.3. The van der Waals surface area contributed by atoms with Crippen LogP contribution in [0.1, 0.15) is 29.4 Å². The monoisotopic (exact) mass is 273 g/mol. The third-order valence-electron chi connectivity index (χ3n) is 3.28. The van der Waals surface area contributed by atoms with Crippen LogP contribution in [0.3, 0.4) is 0 Å². The zero-order valence-electron chi connectivity index (χ0n) is 10.7. The van der Waals surface area contributed by atoms with Gasteiger partial charge in [-0.15, -0.1) is 11.3 Å². The van der Waals surface area contributed by atoms with Gasteiger partial charge in [0.25, 0.3) is 0 Å². The van der Waals surface area contributed by atoms with Crippen LogP contribution in [0.4, 0.5) is 5.82 Å². The highest BCUT2D eigenvalue weighted by Gasteiger charge is 2.29. The molecule has 1 aliphatic carbocycles.